The number of fused-ring (bicyclic) bond motifs is 1. The van der Waals surface area contributed by atoms with Crippen molar-refractivity contribution in [1.29, 1.82) is 5.26 Å². The van der Waals surface area contributed by atoms with E-state index in [1.807, 2.05) is 38.2 Å². The molecule has 0 amide bonds. The average Bonchev–Trinajstić information content (AvgIpc) is 3.35. The van der Waals surface area contributed by atoms with Crippen LogP contribution in [0.4, 0.5) is 13.2 Å². The molecule has 1 fully saturated rings. The lowest BCUT2D eigenvalue weighted by Gasteiger charge is -2.34. The molecule has 5 nitrogen and oxygen atoms in total. The number of nitriles is 1. The van der Waals surface area contributed by atoms with Crippen LogP contribution in [0.3, 0.4) is 0 Å². The average molecular weight is 464 g/mol. The molecule has 0 atom stereocenters. The van der Waals surface area contributed by atoms with Crippen LogP contribution in [0.2, 0.25) is 0 Å². The van der Waals surface area contributed by atoms with Crippen LogP contribution in [0.1, 0.15) is 42.7 Å². The molecule has 1 aromatic carbocycles. The van der Waals surface area contributed by atoms with Crippen molar-refractivity contribution in [3.63, 3.8) is 0 Å². The van der Waals surface area contributed by atoms with Gasteiger partial charge in [0.25, 0.3) is 0 Å². The van der Waals surface area contributed by atoms with E-state index in [9.17, 15) is 8.78 Å². The lowest BCUT2D eigenvalue weighted by atomic mass is 9.84. The molecule has 34 heavy (non-hydrogen) atoms. The third kappa shape index (κ3) is 3.96. The second-order valence-corrected chi connectivity index (χ2v) is 9.16. The Hall–Kier alpha value is -3.60. The van der Waals surface area contributed by atoms with Gasteiger partial charge >= 0.3 is 0 Å². The van der Waals surface area contributed by atoms with E-state index >= 15 is 4.39 Å². The smallest absolute Gasteiger partial charge is 0.248 e. The Morgan fingerprint density at radius 3 is 2.38 bits per heavy atom. The van der Waals surface area contributed by atoms with E-state index in [4.69, 9.17) is 14.8 Å². The second kappa shape index (κ2) is 8.01. The summed E-state index contributed by atoms with van der Waals surface area (Å²) >= 11 is 0. The van der Waals surface area contributed by atoms with Gasteiger partial charge in [0, 0.05) is 41.9 Å². The molecule has 4 aromatic rings. The minimum Gasteiger partial charge on any atom is -0.361 e. The molecule has 8 heteroatoms. The van der Waals surface area contributed by atoms with Gasteiger partial charge in [-0.2, -0.15) is 5.26 Å². The van der Waals surface area contributed by atoms with Crippen molar-refractivity contribution >= 4 is 11.0 Å². The number of alkyl halides is 3. The molecule has 0 saturated heterocycles. The fraction of sp³-hybridized carbons (Fsp3) is 0.346. The number of pyridine rings is 1. The summed E-state index contributed by atoms with van der Waals surface area (Å²) in [5.74, 6) is -2.15. The molecule has 0 N–H and O–H groups in total. The van der Waals surface area contributed by atoms with Crippen LogP contribution >= 0.6 is 0 Å². The number of hydrogen-bond acceptors (Lipinski definition) is 4. The third-order valence-electron chi connectivity index (χ3n) is 6.70. The number of rotatable bonds is 4. The number of aromatic nitrogens is 3. The lowest BCUT2D eigenvalue weighted by Crippen LogP contribution is -2.38. The zero-order valence-electron chi connectivity index (χ0n) is 18.9. The summed E-state index contributed by atoms with van der Waals surface area (Å²) in [6.07, 6.45) is 2.27. The number of benzene rings is 1. The van der Waals surface area contributed by atoms with Gasteiger partial charge in [-0.1, -0.05) is 17.3 Å². The van der Waals surface area contributed by atoms with E-state index in [2.05, 4.69) is 11.2 Å². The summed E-state index contributed by atoms with van der Waals surface area (Å²) in [6.45, 7) is 3.62. The highest BCUT2D eigenvalue weighted by molar-refractivity contribution is 5.95. The Balaban J connectivity index is 1.63. The van der Waals surface area contributed by atoms with Crippen molar-refractivity contribution in [2.24, 2.45) is 0 Å². The van der Waals surface area contributed by atoms with Gasteiger partial charge in [-0.25, -0.2) is 13.2 Å². The molecular formula is C26H23F3N4O. The first kappa shape index (κ1) is 22.2. The van der Waals surface area contributed by atoms with Gasteiger partial charge in [-0.3, -0.25) is 4.98 Å². The molecule has 174 valence electrons. The Kier molecular flexibility index (Phi) is 5.23. The maximum Gasteiger partial charge on any atom is 0.248 e. The topological polar surface area (TPSA) is 67.6 Å². The summed E-state index contributed by atoms with van der Waals surface area (Å²) in [4.78, 5) is 4.70. The van der Waals surface area contributed by atoms with Crippen LogP contribution in [0, 0.1) is 25.2 Å². The van der Waals surface area contributed by atoms with Crippen LogP contribution in [0.15, 0.2) is 47.2 Å². The van der Waals surface area contributed by atoms with Crippen LogP contribution in [-0.2, 0) is 6.54 Å². The minimum atomic E-state index is -2.81. The first-order valence-corrected chi connectivity index (χ1v) is 11.2. The van der Waals surface area contributed by atoms with Crippen molar-refractivity contribution in [3.05, 3.63) is 59.7 Å². The third-order valence-corrected chi connectivity index (χ3v) is 6.70. The Morgan fingerprint density at radius 2 is 1.76 bits per heavy atom. The molecular weight excluding hydrogens is 441 g/mol. The van der Waals surface area contributed by atoms with Gasteiger partial charge < -0.3 is 9.09 Å². The van der Waals surface area contributed by atoms with Crippen LogP contribution in [-0.4, -0.2) is 26.3 Å². The normalized spacial score (nSPS) is 17.1. The molecule has 1 saturated carbocycles. The number of nitrogens with zero attached hydrogens (tertiary/aromatic N) is 4. The summed E-state index contributed by atoms with van der Waals surface area (Å²) in [6, 6.07) is 11.1. The highest BCUT2D eigenvalue weighted by atomic mass is 19.3. The molecule has 3 heterocycles. The monoisotopic (exact) mass is 464 g/mol. The van der Waals surface area contributed by atoms with Crippen LogP contribution in [0.5, 0.6) is 0 Å². The maximum absolute atomic E-state index is 15.7. The fourth-order valence-corrected chi connectivity index (χ4v) is 4.79. The molecule has 0 radical (unpaired) electrons. The molecule has 1 aliphatic rings. The van der Waals surface area contributed by atoms with Gasteiger partial charge in [-0.15, -0.1) is 0 Å². The van der Waals surface area contributed by atoms with Crippen molar-refractivity contribution in [2.75, 3.05) is 0 Å². The van der Waals surface area contributed by atoms with E-state index in [1.54, 1.807) is 22.9 Å². The van der Waals surface area contributed by atoms with E-state index < -0.39 is 24.4 Å². The molecule has 0 aliphatic heterocycles. The number of halogens is 3. The summed E-state index contributed by atoms with van der Waals surface area (Å²) < 4.78 is 50.2. The van der Waals surface area contributed by atoms with Gasteiger partial charge in [0.2, 0.25) is 5.92 Å². The highest BCUT2D eigenvalue weighted by Gasteiger charge is 2.44. The quantitative estimate of drug-likeness (QED) is 0.334. The van der Waals surface area contributed by atoms with Gasteiger partial charge in [0.15, 0.2) is 0 Å². The predicted octanol–water partition coefficient (Wildman–Crippen LogP) is 6.76. The number of hydrogen-bond donors (Lipinski definition) is 0. The molecule has 3 aromatic heterocycles. The minimum absolute atomic E-state index is 0.0391. The Morgan fingerprint density at radius 1 is 1.06 bits per heavy atom. The van der Waals surface area contributed by atoms with Crippen molar-refractivity contribution in [1.82, 2.24) is 14.7 Å². The maximum atomic E-state index is 15.7. The van der Waals surface area contributed by atoms with Crippen LogP contribution in [0.25, 0.3) is 33.3 Å². The first-order chi connectivity index (χ1) is 16.2. The molecule has 1 aliphatic carbocycles. The van der Waals surface area contributed by atoms with E-state index in [0.29, 0.717) is 22.4 Å². The van der Waals surface area contributed by atoms with E-state index in [0.717, 1.165) is 27.9 Å². The SMILES string of the molecule is Cc1noc(C)c1-c1cnc2c(-c3ccc(C#N)cc3)cn(CC3(F)CCC(F)(F)CC3)c2c1. The molecule has 0 unspecified atom stereocenters. The van der Waals surface area contributed by atoms with Gasteiger partial charge in [-0.05, 0) is 50.5 Å². The van der Waals surface area contributed by atoms with Crippen LogP contribution < -0.4 is 0 Å². The Labute approximate surface area is 194 Å². The van der Waals surface area contributed by atoms with E-state index in [-0.39, 0.29) is 19.4 Å². The second-order valence-electron chi connectivity index (χ2n) is 9.16. The molecule has 5 rings (SSSR count). The predicted molar refractivity (Wildman–Crippen MR) is 122 cm³/mol. The van der Waals surface area contributed by atoms with Gasteiger partial charge in [0.1, 0.15) is 11.4 Å². The fourth-order valence-electron chi connectivity index (χ4n) is 4.79. The van der Waals surface area contributed by atoms with Crippen molar-refractivity contribution in [2.45, 2.75) is 57.7 Å². The highest BCUT2D eigenvalue weighted by Crippen LogP contribution is 2.43. The molecule has 0 spiro atoms. The Bertz CT molecular complexity index is 1380. The standard InChI is InChI=1S/C26H23F3N4O/c1-16-23(17(2)34-32-16)20-11-22-24(31-13-20)21(19-5-3-18(12-30)4-6-19)14-33(22)15-25(27)7-9-26(28,29)10-8-25/h3-6,11,13-14H,7-10,15H2,1-2H3. The lowest BCUT2D eigenvalue weighted by molar-refractivity contribution is -0.0791. The summed E-state index contributed by atoms with van der Waals surface area (Å²) in [5, 5.41) is 13.1. The van der Waals surface area contributed by atoms with Gasteiger partial charge in [0.05, 0.1) is 34.9 Å². The summed E-state index contributed by atoms with van der Waals surface area (Å²) in [5.41, 5.74) is 4.14. The number of aryl methyl sites for hydroxylation is 2. The zero-order chi connectivity index (χ0) is 24.1. The summed E-state index contributed by atoms with van der Waals surface area (Å²) in [7, 11) is 0. The zero-order valence-corrected chi connectivity index (χ0v) is 18.9. The first-order valence-electron chi connectivity index (χ1n) is 11.2. The van der Waals surface area contributed by atoms with Crippen molar-refractivity contribution in [3.8, 4) is 28.3 Å². The van der Waals surface area contributed by atoms with E-state index in [1.165, 1.54) is 0 Å². The van der Waals surface area contributed by atoms with Crippen molar-refractivity contribution < 1.29 is 17.7 Å². The largest absolute Gasteiger partial charge is 0.361 e. The molecule has 0 bridgehead atoms.